The van der Waals surface area contributed by atoms with Gasteiger partial charge in [0.05, 0.1) is 11.4 Å². The van der Waals surface area contributed by atoms with Crippen molar-refractivity contribution in [1.82, 2.24) is 9.97 Å². The molecule has 0 N–H and O–H groups in total. The molecular weight excluding hydrogens is 629 g/mol. The van der Waals surface area contributed by atoms with E-state index in [1.165, 1.54) is 60.0 Å². The maximum atomic E-state index is 5.28. The molecule has 2 nitrogen and oxygen atoms in total. The van der Waals surface area contributed by atoms with Crippen LogP contribution in [-0.4, -0.2) is 9.97 Å². The van der Waals surface area contributed by atoms with Crippen molar-refractivity contribution in [1.29, 1.82) is 0 Å². The second kappa shape index (κ2) is 12.5. The lowest BCUT2D eigenvalue weighted by Crippen LogP contribution is -1.97. The molecule has 1 aromatic heterocycles. The van der Waals surface area contributed by atoms with Crippen molar-refractivity contribution < 1.29 is 0 Å². The van der Waals surface area contributed by atoms with Gasteiger partial charge in [-0.05, 0) is 83.5 Å². The van der Waals surface area contributed by atoms with Gasteiger partial charge in [-0.3, -0.25) is 0 Å². The molecule has 0 aliphatic rings. The molecule has 10 rings (SSSR count). The van der Waals surface area contributed by atoms with Gasteiger partial charge in [-0.25, -0.2) is 9.97 Å². The second-order valence-electron chi connectivity index (χ2n) is 13.3. The number of hydrogen-bond donors (Lipinski definition) is 0. The molecule has 0 radical (unpaired) electrons. The zero-order chi connectivity index (χ0) is 34.4. The molecule has 0 unspecified atom stereocenters. The second-order valence-corrected chi connectivity index (χ2v) is 13.3. The minimum Gasteiger partial charge on any atom is -0.228 e. The lowest BCUT2D eigenvalue weighted by atomic mass is 9.87. The SMILES string of the molecule is c1ccc(-c2ccc(-c3cc(-c4ccccc4)nc(-c4ccc(-c5c6ccccc6cc6c5ccc5ccccc56)c5ccccc45)n3)cc2)cc1. The number of benzene rings is 9. The number of rotatable bonds is 5. The molecule has 0 amide bonds. The number of nitrogens with zero attached hydrogens (tertiary/aromatic N) is 2. The van der Waals surface area contributed by atoms with Gasteiger partial charge in [0, 0.05) is 16.7 Å². The molecule has 0 spiro atoms. The highest BCUT2D eigenvalue weighted by Gasteiger charge is 2.18. The summed E-state index contributed by atoms with van der Waals surface area (Å²) in [6, 6.07) is 69.2. The summed E-state index contributed by atoms with van der Waals surface area (Å²) in [6.07, 6.45) is 0. The van der Waals surface area contributed by atoms with Crippen molar-refractivity contribution in [3.8, 4) is 56.2 Å². The van der Waals surface area contributed by atoms with Crippen molar-refractivity contribution >= 4 is 43.1 Å². The van der Waals surface area contributed by atoms with Crippen LogP contribution in [0, 0.1) is 0 Å². The molecule has 52 heavy (non-hydrogen) atoms. The summed E-state index contributed by atoms with van der Waals surface area (Å²) >= 11 is 0. The molecule has 9 aromatic carbocycles. The van der Waals surface area contributed by atoms with E-state index < -0.39 is 0 Å². The van der Waals surface area contributed by atoms with E-state index in [-0.39, 0.29) is 0 Å². The normalized spacial score (nSPS) is 11.5. The van der Waals surface area contributed by atoms with E-state index in [1.807, 2.05) is 12.1 Å². The molecule has 242 valence electrons. The molecule has 0 atom stereocenters. The zero-order valence-electron chi connectivity index (χ0n) is 28.4. The van der Waals surface area contributed by atoms with Gasteiger partial charge in [0.2, 0.25) is 0 Å². The van der Waals surface area contributed by atoms with Crippen molar-refractivity contribution in [3.05, 3.63) is 194 Å². The predicted molar refractivity (Wildman–Crippen MR) is 219 cm³/mol. The van der Waals surface area contributed by atoms with E-state index in [4.69, 9.17) is 9.97 Å². The topological polar surface area (TPSA) is 25.8 Å². The largest absolute Gasteiger partial charge is 0.228 e. The van der Waals surface area contributed by atoms with Gasteiger partial charge in [-0.1, -0.05) is 176 Å². The summed E-state index contributed by atoms with van der Waals surface area (Å²) in [6.45, 7) is 0. The third-order valence-electron chi connectivity index (χ3n) is 10.3. The Morgan fingerprint density at radius 1 is 0.269 bits per heavy atom. The van der Waals surface area contributed by atoms with Gasteiger partial charge in [0.15, 0.2) is 5.82 Å². The van der Waals surface area contributed by atoms with Gasteiger partial charge in [-0.15, -0.1) is 0 Å². The first-order valence-corrected chi connectivity index (χ1v) is 17.7. The lowest BCUT2D eigenvalue weighted by Gasteiger charge is -2.17. The number of hydrogen-bond acceptors (Lipinski definition) is 2. The van der Waals surface area contributed by atoms with E-state index in [0.29, 0.717) is 5.82 Å². The number of fused-ring (bicyclic) bond motifs is 5. The van der Waals surface area contributed by atoms with Gasteiger partial charge < -0.3 is 0 Å². The smallest absolute Gasteiger partial charge is 0.161 e. The van der Waals surface area contributed by atoms with E-state index >= 15 is 0 Å². The maximum absolute atomic E-state index is 5.28. The molecule has 0 aliphatic carbocycles. The Bertz CT molecular complexity index is 2930. The van der Waals surface area contributed by atoms with Crippen LogP contribution in [-0.2, 0) is 0 Å². The van der Waals surface area contributed by atoms with Crippen LogP contribution in [0.1, 0.15) is 0 Å². The van der Waals surface area contributed by atoms with Crippen LogP contribution in [0.3, 0.4) is 0 Å². The van der Waals surface area contributed by atoms with Gasteiger partial charge in [-0.2, -0.15) is 0 Å². The van der Waals surface area contributed by atoms with Crippen molar-refractivity contribution in [2.45, 2.75) is 0 Å². The molecule has 1 heterocycles. The van der Waals surface area contributed by atoms with Crippen molar-refractivity contribution in [3.63, 3.8) is 0 Å². The molecule has 10 aromatic rings. The summed E-state index contributed by atoms with van der Waals surface area (Å²) in [5.74, 6) is 0.708. The monoisotopic (exact) mass is 660 g/mol. The highest BCUT2D eigenvalue weighted by Crippen LogP contribution is 2.43. The first-order chi connectivity index (χ1) is 25.8. The molecule has 0 fully saturated rings. The highest BCUT2D eigenvalue weighted by molar-refractivity contribution is 6.22. The predicted octanol–water partition coefficient (Wildman–Crippen LogP) is 13.4. The fourth-order valence-electron chi connectivity index (χ4n) is 7.76. The Kier molecular flexibility index (Phi) is 7.18. The van der Waals surface area contributed by atoms with Crippen LogP contribution < -0.4 is 0 Å². The lowest BCUT2D eigenvalue weighted by molar-refractivity contribution is 1.19. The van der Waals surface area contributed by atoms with Crippen molar-refractivity contribution in [2.75, 3.05) is 0 Å². The standard InChI is InChI=1S/C50H32N2/c1-3-13-33(14-4-1)34-23-25-37(26-24-34)48-32-47(36-16-5-2-6-17-36)51-50(52-48)45-30-29-43(41-21-11-12-22-42(41)45)49-40-20-10-8-18-38(40)31-46-39-19-9-7-15-35(39)27-28-44(46)49/h1-32H. The third kappa shape index (κ3) is 5.12. The summed E-state index contributed by atoms with van der Waals surface area (Å²) in [5, 5.41) is 9.80. The average Bonchev–Trinajstić information content (AvgIpc) is 3.23. The molecule has 0 saturated carbocycles. The van der Waals surface area contributed by atoms with Gasteiger partial charge >= 0.3 is 0 Å². The summed E-state index contributed by atoms with van der Waals surface area (Å²) in [5.41, 5.74) is 9.73. The number of aromatic nitrogens is 2. The molecule has 0 bridgehead atoms. The average molecular weight is 661 g/mol. The minimum absolute atomic E-state index is 0.708. The van der Waals surface area contributed by atoms with Crippen LogP contribution >= 0.6 is 0 Å². The highest BCUT2D eigenvalue weighted by atomic mass is 14.9. The Labute approximate surface area is 302 Å². The molecule has 0 aliphatic heterocycles. The van der Waals surface area contributed by atoms with E-state index in [2.05, 4.69) is 182 Å². The molecular formula is C50H32N2. The van der Waals surface area contributed by atoms with Crippen molar-refractivity contribution in [2.24, 2.45) is 0 Å². The minimum atomic E-state index is 0.708. The van der Waals surface area contributed by atoms with Crippen LogP contribution in [0.15, 0.2) is 194 Å². The Morgan fingerprint density at radius 2 is 0.769 bits per heavy atom. The Hall–Kier alpha value is -6.90. The Morgan fingerprint density at radius 3 is 1.48 bits per heavy atom. The summed E-state index contributed by atoms with van der Waals surface area (Å²) in [4.78, 5) is 10.5. The van der Waals surface area contributed by atoms with Gasteiger partial charge in [0.25, 0.3) is 0 Å². The summed E-state index contributed by atoms with van der Waals surface area (Å²) in [7, 11) is 0. The first kappa shape index (κ1) is 30.0. The molecule has 2 heteroatoms. The maximum Gasteiger partial charge on any atom is 0.161 e. The van der Waals surface area contributed by atoms with E-state index in [9.17, 15) is 0 Å². The van der Waals surface area contributed by atoms with E-state index in [0.717, 1.165) is 33.5 Å². The fourth-order valence-corrected chi connectivity index (χ4v) is 7.76. The Balaban J connectivity index is 1.19. The molecule has 0 saturated heterocycles. The van der Waals surface area contributed by atoms with Crippen LogP contribution in [0.2, 0.25) is 0 Å². The van der Waals surface area contributed by atoms with Crippen LogP contribution in [0.25, 0.3) is 99.2 Å². The quantitative estimate of drug-likeness (QED) is 0.136. The van der Waals surface area contributed by atoms with Crippen LogP contribution in [0.5, 0.6) is 0 Å². The van der Waals surface area contributed by atoms with Crippen LogP contribution in [0.4, 0.5) is 0 Å². The van der Waals surface area contributed by atoms with E-state index in [1.54, 1.807) is 0 Å². The van der Waals surface area contributed by atoms with Gasteiger partial charge in [0.1, 0.15) is 0 Å². The fraction of sp³-hybridized carbons (Fsp3) is 0. The third-order valence-corrected chi connectivity index (χ3v) is 10.3. The first-order valence-electron chi connectivity index (χ1n) is 17.7. The summed E-state index contributed by atoms with van der Waals surface area (Å²) < 4.78 is 0. The zero-order valence-corrected chi connectivity index (χ0v) is 28.4.